The van der Waals surface area contributed by atoms with Crippen molar-refractivity contribution in [3.63, 3.8) is 0 Å². The number of carbonyl (C=O) groups is 9. The number of carbonyl (C=O) groups excluding carboxylic acids is 8. The number of esters is 1. The van der Waals surface area contributed by atoms with Gasteiger partial charge in [-0.05, 0) is 145 Å². The molecular weight excluding hydrogens is 1740 g/mol. The first-order chi connectivity index (χ1) is 61.0. The molecule has 3 aliphatic heterocycles. The Labute approximate surface area is 759 Å². The van der Waals surface area contributed by atoms with Crippen LogP contribution in [-0.2, 0) is 66.4 Å². The maximum atomic E-state index is 14.2. The summed E-state index contributed by atoms with van der Waals surface area (Å²) in [5.41, 5.74) is 6.94. The number of nitrogens with one attached hydrogen (secondary N) is 2. The molecule has 3 fully saturated rings. The number of halogens is 11. The molecule has 3 heterocycles. The number of aliphatic carboxylic acids is 1. The van der Waals surface area contributed by atoms with E-state index in [4.69, 9.17) is 39.4 Å². The van der Waals surface area contributed by atoms with E-state index in [9.17, 15) is 87.8 Å². The highest BCUT2D eigenvalue weighted by molar-refractivity contribution is 6.44. The molecule has 0 radical (unpaired) electrons. The minimum atomic E-state index is -4.67. The number of likely N-dealkylation sites (N-methyl/N-ethyl adjacent to an activating group) is 3. The summed E-state index contributed by atoms with van der Waals surface area (Å²) >= 11 is 10.1. The van der Waals surface area contributed by atoms with Crippen LogP contribution in [0.4, 0.5) is 56.6 Å². The Hall–Kier alpha value is -11.1. The zero-order valence-corrected chi connectivity index (χ0v) is 75.4. The van der Waals surface area contributed by atoms with Crippen molar-refractivity contribution in [2.45, 2.75) is 199 Å². The molecule has 21 nitrogen and oxygen atoms in total. The predicted molar refractivity (Wildman–Crippen MR) is 480 cm³/mol. The molecule has 7 N–H and O–H groups in total. The summed E-state index contributed by atoms with van der Waals surface area (Å²) in [6.07, 6.45) is 3.48. The zero-order chi connectivity index (χ0) is 95.1. The van der Waals surface area contributed by atoms with Crippen LogP contribution in [0.1, 0.15) is 201 Å². The predicted octanol–water partition coefficient (Wildman–Crippen LogP) is 18.7. The van der Waals surface area contributed by atoms with Gasteiger partial charge < -0.3 is 46.6 Å². The molecule has 6 atom stereocenters. The van der Waals surface area contributed by atoms with Gasteiger partial charge in [0.15, 0.2) is 6.17 Å². The number of carboxylic acid groups (broad SMARTS) is 1. The fourth-order valence-corrected chi connectivity index (χ4v) is 17.5. The average molecular weight is 1840 g/mol. The molecule has 694 valence electrons. The second-order valence-electron chi connectivity index (χ2n) is 36.8. The van der Waals surface area contributed by atoms with E-state index in [0.29, 0.717) is 110 Å². The van der Waals surface area contributed by atoms with Crippen molar-refractivity contribution >= 4 is 111 Å². The fourth-order valence-electron chi connectivity index (χ4n) is 17.5. The molecule has 6 aromatic rings. The lowest BCUT2D eigenvalue weighted by Crippen LogP contribution is -2.53. The first-order valence-corrected chi connectivity index (χ1v) is 44.1. The summed E-state index contributed by atoms with van der Waals surface area (Å²) in [6, 6.07) is 35.1. The SMILES string of the molecule is CC(C)(C)OC(=O)C1([C@@H](CC2CC2)C(=O)O)CC=CC1.CC(Cl)Cl.CN1C(=O)C(N)N=C(c2ccccc2C(F)(F)F)c2ccccc21.CN1C(=O)C(NC(=O)[C@H](CC2CC2)C2(C(=O)CC(C)(C)C)CC=CC2)N=C(c2ccccc2C(F)(F)F)c2ccccc21.CN1C(=O)C(NC(=O)[C@H](CC2CC2)C2(C(N)=O)CC=CC2)N=C(c2ccccc2C(F)(F)F)c2ccccc21. The smallest absolute Gasteiger partial charge is 0.417 e. The molecule has 3 saturated carbocycles. The van der Waals surface area contributed by atoms with Crippen molar-refractivity contribution in [3.05, 3.63) is 232 Å². The third-order valence-electron chi connectivity index (χ3n) is 24.7. The van der Waals surface area contributed by atoms with Crippen LogP contribution in [0, 0.1) is 57.2 Å². The lowest BCUT2D eigenvalue weighted by atomic mass is 9.65. The summed E-state index contributed by atoms with van der Waals surface area (Å²) in [7, 11) is 4.53. The third-order valence-corrected chi connectivity index (χ3v) is 24.7. The number of hydrogen-bond donors (Lipinski definition) is 5. The van der Waals surface area contributed by atoms with Gasteiger partial charge in [0.2, 0.25) is 30.1 Å². The Kier molecular flexibility index (Phi) is 30.8. The van der Waals surface area contributed by atoms with E-state index in [2.05, 4.69) is 25.6 Å². The summed E-state index contributed by atoms with van der Waals surface area (Å²) in [5, 5.41) is 15.1. The Morgan fingerprint density at radius 1 is 0.454 bits per heavy atom. The highest BCUT2D eigenvalue weighted by Gasteiger charge is 2.56. The number of nitrogens with two attached hydrogens (primary N) is 2. The molecule has 0 saturated heterocycles. The van der Waals surface area contributed by atoms with Crippen molar-refractivity contribution in [2.75, 3.05) is 35.8 Å². The number of fused-ring (bicyclic) bond motifs is 3. The largest absolute Gasteiger partial charge is 0.481 e. The first-order valence-electron chi connectivity index (χ1n) is 43.3. The Balaban J connectivity index is 0.000000172. The van der Waals surface area contributed by atoms with Crippen molar-refractivity contribution in [1.82, 2.24) is 10.6 Å². The van der Waals surface area contributed by atoms with E-state index >= 15 is 0 Å². The first kappa shape index (κ1) is 99.5. The van der Waals surface area contributed by atoms with Crippen molar-refractivity contribution in [3.8, 4) is 0 Å². The summed E-state index contributed by atoms with van der Waals surface area (Å²) in [6.45, 7) is 13.1. The van der Waals surface area contributed by atoms with E-state index in [1.54, 1.807) is 79.7 Å². The topological polar surface area (TPSA) is 306 Å². The number of ketones is 1. The van der Waals surface area contributed by atoms with Crippen LogP contribution in [0.5, 0.6) is 0 Å². The molecule has 0 bridgehead atoms. The number of nitrogens with zero attached hydrogens (tertiary/aromatic N) is 6. The number of hydrogen-bond acceptors (Lipinski definition) is 14. The minimum Gasteiger partial charge on any atom is -0.481 e. The van der Waals surface area contributed by atoms with Gasteiger partial charge in [0.1, 0.15) is 16.2 Å². The number of alkyl halides is 11. The lowest BCUT2D eigenvalue weighted by Gasteiger charge is -2.38. The van der Waals surface area contributed by atoms with Gasteiger partial charge in [-0.2, -0.15) is 39.5 Å². The second kappa shape index (κ2) is 40.3. The van der Waals surface area contributed by atoms with E-state index < -0.39 is 135 Å². The van der Waals surface area contributed by atoms with Crippen molar-refractivity contribution in [1.29, 1.82) is 0 Å². The number of rotatable bonds is 21. The van der Waals surface area contributed by atoms with Gasteiger partial charge in [-0.3, -0.25) is 48.1 Å². The van der Waals surface area contributed by atoms with E-state index in [1.807, 2.05) is 78.0 Å². The summed E-state index contributed by atoms with van der Waals surface area (Å²) < 4.78 is 130. The Morgan fingerprint density at radius 3 is 1.05 bits per heavy atom. The number of benzodiazepines with no additional fused rings is 3. The van der Waals surface area contributed by atoms with Crippen LogP contribution in [0.25, 0.3) is 0 Å². The highest BCUT2D eigenvalue weighted by Crippen LogP contribution is 2.53. The number of ether oxygens (including phenoxy) is 1. The molecule has 3 unspecified atom stereocenters. The quantitative estimate of drug-likeness (QED) is 0.0194. The van der Waals surface area contributed by atoms with Crippen LogP contribution in [0.15, 0.2) is 197 Å². The number of anilines is 3. The third kappa shape index (κ3) is 23.4. The number of primary amides is 1. The Bertz CT molecular complexity index is 5420. The Morgan fingerprint density at radius 2 is 0.738 bits per heavy atom. The number of aliphatic imine (C=N–C) groups is 3. The fraction of sp³-hybridized carbons (Fsp3) is 0.449. The zero-order valence-electron chi connectivity index (χ0n) is 73.9. The van der Waals surface area contributed by atoms with Gasteiger partial charge in [-0.25, -0.2) is 9.98 Å². The number of amides is 6. The van der Waals surface area contributed by atoms with Gasteiger partial charge in [-0.1, -0.05) is 205 Å². The van der Waals surface area contributed by atoms with Gasteiger partial charge in [0, 0.05) is 66.4 Å². The van der Waals surface area contributed by atoms with Gasteiger partial charge in [-0.15, -0.1) is 23.2 Å². The van der Waals surface area contributed by atoms with Gasteiger partial charge in [0.05, 0.1) is 79.5 Å². The van der Waals surface area contributed by atoms with Crippen LogP contribution in [0.3, 0.4) is 0 Å². The highest BCUT2D eigenvalue weighted by atomic mass is 35.5. The molecule has 9 aliphatic rings. The van der Waals surface area contributed by atoms with E-state index in [-0.39, 0.29) is 61.7 Å². The molecular formula is C98H109Cl2F9N10O11. The van der Waals surface area contributed by atoms with Crippen LogP contribution >= 0.6 is 23.2 Å². The minimum absolute atomic E-state index is 0.0193. The number of carboxylic acids is 1. The van der Waals surface area contributed by atoms with E-state index in [1.165, 1.54) is 90.4 Å². The van der Waals surface area contributed by atoms with Gasteiger partial charge >= 0.3 is 30.5 Å². The van der Waals surface area contributed by atoms with Crippen molar-refractivity contribution < 1.29 is 92.5 Å². The number of Topliss-reactive ketones (excluding diaryl/α,β-unsaturated/α-hetero) is 1. The molecule has 0 aromatic heterocycles. The molecule has 0 spiro atoms. The van der Waals surface area contributed by atoms with Crippen LogP contribution in [0.2, 0.25) is 0 Å². The van der Waals surface area contributed by atoms with Crippen molar-refractivity contribution in [2.24, 2.45) is 83.6 Å². The molecule has 6 amide bonds. The summed E-state index contributed by atoms with van der Waals surface area (Å²) in [4.78, 5) is 135. The molecule has 32 heteroatoms. The molecule has 6 aromatic carbocycles. The second-order valence-corrected chi connectivity index (χ2v) is 38.3. The monoisotopic (exact) mass is 1840 g/mol. The maximum absolute atomic E-state index is 14.2. The average Bonchev–Trinajstić information content (AvgIpc) is 1.72. The lowest BCUT2D eigenvalue weighted by molar-refractivity contribution is -0.176. The van der Waals surface area contributed by atoms with Crippen LogP contribution < -0.4 is 36.8 Å². The maximum Gasteiger partial charge on any atom is 0.417 e. The van der Waals surface area contributed by atoms with Crippen LogP contribution in [-0.4, -0.2) is 125 Å². The number of para-hydroxylation sites is 3. The standard InChI is InChI=1S/C34H38F3N3O3.C29H29F3N4O3.C17H14F3N3O.C16H24O4.C2H4Cl2/c1-32(2,3)20-27(41)33(17-9-10-18-33)25(19-21-15-16-21)30(42)39-29-31(43)40(4)26-14-8-6-12-23(26)28(38-29)22-11-5-7-13-24(22)34(35,36)37;1-36-22-11-5-3-9-19(22)23(18-8-2-4-10-20(18)29(30,31)32)34-24(26(36)38)35-25(37)21(16-17-12-13-17)28(27(33)39)14-6-7-15-28;1-23-13-9-5-3-7-11(13)14(22-15(21)16(23)24)10-6-2-4-8-12(10)17(18,19)20;1-15(2,3)20-14(19)16(8-4-5-9-16)12(13(17)18)10-11-6-7-11;1-2(3)4/h5-14,21,25,29H,15-20H2,1-4H3,(H,39,42);2-11,17,21,24H,12-16H2,1H3,(H2,33,39)(H,35,37);2-9,15H,21H2,1H3;4-5,11-12H,6-10H2,1-3H3,(H,17,18);2H,1H3/t25-,29?;21-,24?;;12-;/m00.0./s1. The molecule has 130 heavy (non-hydrogen) atoms. The van der Waals surface area contributed by atoms with E-state index in [0.717, 1.165) is 56.7 Å². The molecule has 6 aliphatic carbocycles. The molecule has 15 rings (SSSR count). The number of allylic oxidation sites excluding steroid dienone is 6. The normalized spacial score (nSPS) is 20.3. The summed E-state index contributed by atoms with van der Waals surface area (Å²) in [5.74, 6) is -5.60. The van der Waals surface area contributed by atoms with Gasteiger partial charge in [0.25, 0.3) is 17.7 Å². The number of benzene rings is 6.